The molecule has 0 bridgehead atoms. The first kappa shape index (κ1) is 75.2. The molecule has 0 saturated carbocycles. The molecule has 0 aliphatic carbocycles. The minimum absolute atomic E-state index is 0.0292. The Balaban J connectivity index is 5.05. The fourth-order valence-electron chi connectivity index (χ4n) is 9.12. The van der Waals surface area contributed by atoms with Gasteiger partial charge in [0.1, 0.15) is 19.3 Å². The Bertz CT molecular complexity index is 1610. The minimum atomic E-state index is -4.71. The van der Waals surface area contributed by atoms with E-state index in [1.807, 2.05) is 39.4 Å². The highest BCUT2D eigenvalue weighted by Crippen LogP contribution is 2.38. The average molecular weight is 1110 g/mol. The van der Waals surface area contributed by atoms with Crippen LogP contribution in [-0.2, 0) is 27.9 Å². The maximum Gasteiger partial charge on any atom is 0.306 e. The zero-order valence-electron chi connectivity index (χ0n) is 51.6. The molecule has 0 rings (SSSR count). The number of allylic oxidation sites excluding steroid dienone is 13. The van der Waals surface area contributed by atoms with Gasteiger partial charge in [0.15, 0.2) is 0 Å². The number of nitrogens with one attached hydrogen (secondary N) is 1. The summed E-state index contributed by atoms with van der Waals surface area (Å²) in [6, 6.07) is -0.902. The molecule has 0 aromatic carbocycles. The smallest absolute Gasteiger partial charge is 0.306 e. The lowest BCUT2D eigenvalue weighted by Crippen LogP contribution is -2.47. The van der Waals surface area contributed by atoms with E-state index < -0.39 is 26.6 Å². The number of hydrogen-bond donors (Lipinski definition) is 1. The molecule has 0 aliphatic heterocycles. The van der Waals surface area contributed by atoms with Gasteiger partial charge in [-0.05, 0) is 89.5 Å². The van der Waals surface area contributed by atoms with Crippen LogP contribution in [0, 0.1) is 0 Å². The summed E-state index contributed by atoms with van der Waals surface area (Å²) in [5.74, 6) is -0.564. The summed E-state index contributed by atoms with van der Waals surface area (Å²) in [5.41, 5.74) is 0. The molecule has 1 amide bonds. The highest BCUT2D eigenvalue weighted by atomic mass is 31.2. The van der Waals surface area contributed by atoms with Crippen LogP contribution in [0.2, 0.25) is 0 Å². The molecular weight excluding hydrogens is 988 g/mol. The number of carbonyl (C=O) groups is 2. The fourth-order valence-corrected chi connectivity index (χ4v) is 9.84. The number of likely N-dealkylation sites (N-methyl/N-ethyl adjacent to an activating group) is 1. The van der Waals surface area contributed by atoms with Crippen LogP contribution in [0.1, 0.15) is 284 Å². The number of hydrogen-bond acceptors (Lipinski definition) is 7. The van der Waals surface area contributed by atoms with E-state index in [2.05, 4.69) is 92.9 Å². The molecule has 452 valence electrons. The van der Waals surface area contributed by atoms with Crippen molar-refractivity contribution in [3.05, 3.63) is 85.1 Å². The van der Waals surface area contributed by atoms with Crippen LogP contribution in [-0.4, -0.2) is 69.4 Å². The third kappa shape index (κ3) is 57.9. The van der Waals surface area contributed by atoms with Crippen molar-refractivity contribution in [1.82, 2.24) is 5.32 Å². The molecule has 3 atom stereocenters. The molecule has 9 nitrogen and oxygen atoms in total. The van der Waals surface area contributed by atoms with Crippen molar-refractivity contribution >= 4 is 19.7 Å². The minimum Gasteiger partial charge on any atom is -0.756 e. The predicted octanol–water partition coefficient (Wildman–Crippen LogP) is 19.5. The second-order valence-electron chi connectivity index (χ2n) is 22.9. The molecule has 0 saturated heterocycles. The summed E-state index contributed by atoms with van der Waals surface area (Å²) in [5, 5.41) is 3.01. The number of rotatable bonds is 58. The molecule has 0 aromatic heterocycles. The maximum atomic E-state index is 13.5. The quantitative estimate of drug-likeness (QED) is 0.0161. The van der Waals surface area contributed by atoms with Crippen molar-refractivity contribution < 1.29 is 37.3 Å². The van der Waals surface area contributed by atoms with E-state index in [-0.39, 0.29) is 24.9 Å². The van der Waals surface area contributed by atoms with Crippen LogP contribution in [0.4, 0.5) is 0 Å². The lowest BCUT2D eigenvalue weighted by atomic mass is 10.0. The summed E-state index contributed by atoms with van der Waals surface area (Å²) in [6.45, 7) is 6.67. The summed E-state index contributed by atoms with van der Waals surface area (Å²) >= 11 is 0. The highest BCUT2D eigenvalue weighted by molar-refractivity contribution is 7.45. The van der Waals surface area contributed by atoms with E-state index >= 15 is 0 Å². The van der Waals surface area contributed by atoms with Gasteiger partial charge in [0.05, 0.1) is 33.8 Å². The van der Waals surface area contributed by atoms with Gasteiger partial charge in [-0.1, -0.05) is 267 Å². The van der Waals surface area contributed by atoms with Crippen molar-refractivity contribution in [1.29, 1.82) is 0 Å². The van der Waals surface area contributed by atoms with Crippen LogP contribution in [0.15, 0.2) is 85.1 Å². The molecule has 0 aromatic rings. The van der Waals surface area contributed by atoms with Crippen LogP contribution >= 0.6 is 7.82 Å². The van der Waals surface area contributed by atoms with Gasteiger partial charge < -0.3 is 28.5 Å². The van der Waals surface area contributed by atoms with E-state index in [1.54, 1.807) is 0 Å². The number of phosphoric ester groups is 1. The lowest BCUT2D eigenvalue weighted by molar-refractivity contribution is -0.870. The van der Waals surface area contributed by atoms with Crippen LogP contribution < -0.4 is 10.2 Å². The van der Waals surface area contributed by atoms with E-state index in [9.17, 15) is 19.0 Å². The number of quaternary nitrogens is 1. The van der Waals surface area contributed by atoms with Gasteiger partial charge in [-0.25, -0.2) is 0 Å². The van der Waals surface area contributed by atoms with Gasteiger partial charge in [0.2, 0.25) is 5.91 Å². The first-order chi connectivity index (χ1) is 37.9. The molecule has 0 aliphatic rings. The molecule has 1 N–H and O–H groups in total. The number of nitrogens with zero attached hydrogens (tertiary/aromatic N) is 1. The topological polar surface area (TPSA) is 114 Å². The molecule has 3 unspecified atom stereocenters. The van der Waals surface area contributed by atoms with Crippen LogP contribution in [0.3, 0.4) is 0 Å². The largest absolute Gasteiger partial charge is 0.756 e. The molecule has 78 heavy (non-hydrogen) atoms. The highest BCUT2D eigenvalue weighted by Gasteiger charge is 2.27. The van der Waals surface area contributed by atoms with E-state index in [0.717, 1.165) is 89.9 Å². The van der Waals surface area contributed by atoms with Crippen molar-refractivity contribution in [2.45, 2.75) is 296 Å². The normalized spacial score (nSPS) is 14.2. The number of ether oxygens (including phenoxy) is 1. The number of unbranched alkanes of at least 4 members (excludes halogenated alkanes) is 32. The van der Waals surface area contributed by atoms with Gasteiger partial charge in [-0.3, -0.25) is 14.2 Å². The zero-order valence-corrected chi connectivity index (χ0v) is 52.5. The number of carbonyl (C=O) groups excluding carboxylic acids is 2. The van der Waals surface area contributed by atoms with Crippen molar-refractivity contribution in [2.75, 3.05) is 40.9 Å². The summed E-state index contributed by atoms with van der Waals surface area (Å²) < 4.78 is 30.3. The molecule has 0 heterocycles. The van der Waals surface area contributed by atoms with Crippen molar-refractivity contribution in [3.63, 3.8) is 0 Å². The zero-order chi connectivity index (χ0) is 57.2. The number of esters is 1. The molecule has 0 radical (unpaired) electrons. The van der Waals surface area contributed by atoms with Gasteiger partial charge in [-0.2, -0.15) is 0 Å². The lowest BCUT2D eigenvalue weighted by Gasteiger charge is -2.30. The Labute approximate surface area is 482 Å². The fraction of sp³-hybridized carbons (Fsp3) is 0.765. The van der Waals surface area contributed by atoms with E-state index in [1.165, 1.54) is 154 Å². The van der Waals surface area contributed by atoms with Gasteiger partial charge in [-0.15, -0.1) is 0 Å². The van der Waals surface area contributed by atoms with Crippen LogP contribution in [0.5, 0.6) is 0 Å². The Morgan fingerprint density at radius 2 is 0.872 bits per heavy atom. The Kier molecular flexibility index (Phi) is 55.4. The second-order valence-corrected chi connectivity index (χ2v) is 24.4. The first-order valence-corrected chi connectivity index (χ1v) is 33.9. The summed E-state index contributed by atoms with van der Waals surface area (Å²) in [6.07, 6.45) is 75.7. The Morgan fingerprint density at radius 1 is 0.474 bits per heavy atom. The average Bonchev–Trinajstić information content (AvgIpc) is 3.40. The van der Waals surface area contributed by atoms with Crippen molar-refractivity contribution in [3.8, 4) is 0 Å². The molecule has 0 spiro atoms. The van der Waals surface area contributed by atoms with Crippen molar-refractivity contribution in [2.24, 2.45) is 0 Å². The summed E-state index contributed by atoms with van der Waals surface area (Å²) in [7, 11) is 1.17. The predicted molar refractivity (Wildman–Crippen MR) is 335 cm³/mol. The van der Waals surface area contributed by atoms with Gasteiger partial charge >= 0.3 is 5.97 Å². The monoisotopic (exact) mass is 1110 g/mol. The number of amides is 1. The molecular formula is C68H123N2O7P. The molecule has 10 heteroatoms. The van der Waals surface area contributed by atoms with Gasteiger partial charge in [0, 0.05) is 12.8 Å². The Hall–Kier alpha value is -2.81. The molecule has 0 fully saturated rings. The third-order valence-electron chi connectivity index (χ3n) is 14.1. The maximum absolute atomic E-state index is 13.5. The number of phosphoric acid groups is 1. The second kappa shape index (κ2) is 57.4. The van der Waals surface area contributed by atoms with Crippen LogP contribution in [0.25, 0.3) is 0 Å². The third-order valence-corrected chi connectivity index (χ3v) is 15.1. The Morgan fingerprint density at radius 3 is 1.36 bits per heavy atom. The summed E-state index contributed by atoms with van der Waals surface area (Å²) in [4.78, 5) is 40.0. The van der Waals surface area contributed by atoms with E-state index in [4.69, 9.17) is 13.8 Å². The van der Waals surface area contributed by atoms with Gasteiger partial charge in [0.25, 0.3) is 7.82 Å². The first-order valence-electron chi connectivity index (χ1n) is 32.4. The SMILES string of the molecule is CC/C=C/C=C/C=C\CCCCCCCC(=O)NC(COP(=O)([O-])OCC[N+](C)(C)C)C(/C=C\CCCCCCCCCCCC)OC(=O)CCCCCCCCCCCCCCCC/C=C\C/C=C\C/C=C\CCCCC. The standard InChI is InChI=1S/C68H123N2O7P/c1-7-10-13-16-19-22-25-28-29-30-31-32-33-34-35-36-37-38-39-40-41-43-46-49-52-55-58-61-68(72)77-66(59-56-53-50-47-44-27-24-21-18-15-12-9-3)65(64-76-78(73,74)75-63-62-70(4,5)6)69-67(71)60-57-54-51-48-45-42-26-23-20-17-14-11-8-2/h11,14,17,19-20,22-23,26,28-29,31-32,56,59,65-66H,7-10,12-13,15-16,18,21,24-25,27,30,33-55,57-58,60-64H2,1-6H3,(H-,69,71,73,74)/b14-11+,20-17+,22-19-,26-23-,29-28-,32-31-,59-56-. The van der Waals surface area contributed by atoms with E-state index in [0.29, 0.717) is 23.9 Å².